The Morgan fingerprint density at radius 2 is 2.14 bits per heavy atom. The van der Waals surface area contributed by atoms with E-state index < -0.39 is 68.7 Å². The predicted octanol–water partition coefficient (Wildman–Crippen LogP) is 3.64. The van der Waals surface area contributed by atoms with Crippen molar-refractivity contribution in [3.05, 3.63) is 47.1 Å². The second kappa shape index (κ2) is 10.1. The second-order valence-corrected chi connectivity index (χ2v) is 10.5. The van der Waals surface area contributed by atoms with Crippen LogP contribution in [-0.2, 0) is 42.0 Å². The van der Waals surface area contributed by atoms with Gasteiger partial charge in [-0.25, -0.2) is 8.96 Å². The lowest BCUT2D eigenvalue weighted by Crippen LogP contribution is -2.52. The molecule has 10 nitrogen and oxygen atoms in total. The monoisotopic (exact) mass is 531 g/mol. The summed E-state index contributed by atoms with van der Waals surface area (Å²) in [6, 6.07) is 6.85. The summed E-state index contributed by atoms with van der Waals surface area (Å²) in [5.74, 6) is -1.90. The Bertz CT molecular complexity index is 1100. The normalized spacial score (nSPS) is 35.4. The van der Waals surface area contributed by atoms with E-state index in [1.807, 2.05) is 0 Å². The molecular formula is C22H24ClFNO9P. The van der Waals surface area contributed by atoms with Crippen LogP contribution in [-0.4, -0.2) is 59.9 Å². The number of allylic oxidation sites excluding steroid dienone is 1. The summed E-state index contributed by atoms with van der Waals surface area (Å²) in [6.07, 6.45) is -2.71. The SMILES string of the molecule is CC(=O)O[C@@H]1[C@@H](CO[P@@]2(=O)OCC[C@@H](c3cccc(Cl)c3)O2)O[C@@H](N2C=CC(=O)CC2=O)[C@]1(C)F. The van der Waals surface area contributed by atoms with Crippen molar-refractivity contribution >= 4 is 37.1 Å². The van der Waals surface area contributed by atoms with E-state index in [1.54, 1.807) is 24.3 Å². The molecule has 1 aromatic rings. The number of phosphoric acid groups is 1. The van der Waals surface area contributed by atoms with Gasteiger partial charge in [0, 0.05) is 24.6 Å². The van der Waals surface area contributed by atoms with Crippen LogP contribution in [0.1, 0.15) is 38.4 Å². The predicted molar refractivity (Wildman–Crippen MR) is 119 cm³/mol. The first-order chi connectivity index (χ1) is 16.5. The minimum atomic E-state index is -4.10. The van der Waals surface area contributed by atoms with Crippen LogP contribution in [0.15, 0.2) is 36.5 Å². The fourth-order valence-corrected chi connectivity index (χ4v) is 5.73. The Hall–Kier alpha value is -2.14. The average molecular weight is 532 g/mol. The summed E-state index contributed by atoms with van der Waals surface area (Å²) in [6.45, 7) is 1.74. The summed E-state index contributed by atoms with van der Waals surface area (Å²) in [4.78, 5) is 36.5. The van der Waals surface area contributed by atoms with E-state index in [-0.39, 0.29) is 6.61 Å². The number of rotatable bonds is 6. The van der Waals surface area contributed by atoms with Crippen molar-refractivity contribution in [1.82, 2.24) is 4.90 Å². The first kappa shape index (κ1) is 25.9. The summed E-state index contributed by atoms with van der Waals surface area (Å²) >= 11 is 6.03. The zero-order chi connectivity index (χ0) is 25.4. The quantitative estimate of drug-likeness (QED) is 0.308. The first-order valence-corrected chi connectivity index (χ1v) is 12.7. The van der Waals surface area contributed by atoms with Crippen LogP contribution in [0.4, 0.5) is 4.39 Å². The zero-order valence-corrected chi connectivity index (χ0v) is 20.6. The first-order valence-electron chi connectivity index (χ1n) is 10.9. The molecule has 3 aliphatic rings. The van der Waals surface area contributed by atoms with Crippen LogP contribution in [0, 0.1) is 0 Å². The highest BCUT2D eigenvalue weighted by Gasteiger charge is 2.60. The minimum Gasteiger partial charge on any atom is -0.456 e. The Kier molecular flexibility index (Phi) is 7.47. The number of nitrogens with zero attached hydrogens (tertiary/aromatic N) is 1. The summed E-state index contributed by atoms with van der Waals surface area (Å²) in [7, 11) is -4.10. The molecule has 1 aromatic carbocycles. The molecule has 0 N–H and O–H groups in total. The van der Waals surface area contributed by atoms with Gasteiger partial charge in [0.1, 0.15) is 6.10 Å². The number of amides is 1. The van der Waals surface area contributed by atoms with Gasteiger partial charge in [-0.3, -0.25) is 32.9 Å². The van der Waals surface area contributed by atoms with E-state index in [9.17, 15) is 18.9 Å². The molecule has 1 amide bonds. The minimum absolute atomic E-state index is 0.0674. The highest BCUT2D eigenvalue weighted by molar-refractivity contribution is 7.48. The molecule has 0 aromatic heterocycles. The Labute approximate surface area is 205 Å². The molecule has 2 fully saturated rings. The van der Waals surface area contributed by atoms with Gasteiger partial charge in [-0.15, -0.1) is 0 Å². The van der Waals surface area contributed by atoms with Crippen LogP contribution in [0.2, 0.25) is 5.02 Å². The topological polar surface area (TPSA) is 118 Å². The Morgan fingerprint density at radius 3 is 2.83 bits per heavy atom. The molecule has 0 unspecified atom stereocenters. The van der Waals surface area contributed by atoms with Gasteiger partial charge in [0.25, 0.3) is 0 Å². The van der Waals surface area contributed by atoms with Crippen molar-refractivity contribution in [2.75, 3.05) is 13.2 Å². The molecular weight excluding hydrogens is 508 g/mol. The van der Waals surface area contributed by atoms with Gasteiger partial charge in [-0.05, 0) is 30.7 Å². The maximum Gasteiger partial charge on any atom is 0.475 e. The molecule has 2 saturated heterocycles. The molecule has 35 heavy (non-hydrogen) atoms. The summed E-state index contributed by atoms with van der Waals surface area (Å²) < 4.78 is 56.2. The molecule has 13 heteroatoms. The highest BCUT2D eigenvalue weighted by Crippen LogP contribution is 2.57. The fraction of sp³-hybridized carbons (Fsp3) is 0.500. The van der Waals surface area contributed by atoms with Crippen molar-refractivity contribution in [3.8, 4) is 0 Å². The lowest BCUT2D eigenvalue weighted by molar-refractivity contribution is -0.156. The zero-order valence-electron chi connectivity index (χ0n) is 18.9. The van der Waals surface area contributed by atoms with Gasteiger partial charge >= 0.3 is 13.8 Å². The number of phosphoric ester groups is 1. The fourth-order valence-electron chi connectivity index (χ4n) is 4.14. The summed E-state index contributed by atoms with van der Waals surface area (Å²) in [5.41, 5.74) is -1.70. The molecule has 6 atom stereocenters. The standard InChI is InChI=1S/C22H24ClFNO9P/c1-13(26)32-20-18(33-21(22(20,2)24)25-8-6-16(27)11-19(25)28)12-31-35(29)30-9-7-17(34-35)14-4-3-5-15(23)10-14/h3-6,8,10,17-18,20-21H,7,9,11-12H2,1-2H3/t17-,18+,20+,21+,22+,35+/m0/s1. The van der Waals surface area contributed by atoms with Crippen molar-refractivity contribution < 1.29 is 46.4 Å². The molecule has 0 spiro atoms. The Morgan fingerprint density at radius 1 is 1.37 bits per heavy atom. The van der Waals surface area contributed by atoms with Crippen LogP contribution in [0.25, 0.3) is 0 Å². The molecule has 3 heterocycles. The van der Waals surface area contributed by atoms with E-state index >= 15 is 4.39 Å². The van der Waals surface area contributed by atoms with Gasteiger partial charge < -0.3 is 9.47 Å². The number of hydrogen-bond acceptors (Lipinski definition) is 9. The van der Waals surface area contributed by atoms with Gasteiger partial charge in [0.05, 0.1) is 25.7 Å². The van der Waals surface area contributed by atoms with E-state index in [0.717, 1.165) is 31.0 Å². The van der Waals surface area contributed by atoms with Gasteiger partial charge in [-0.2, -0.15) is 0 Å². The third kappa shape index (κ3) is 5.66. The van der Waals surface area contributed by atoms with E-state index in [4.69, 9.17) is 34.6 Å². The van der Waals surface area contributed by atoms with Crippen LogP contribution in [0.3, 0.4) is 0 Å². The molecule has 0 radical (unpaired) electrons. The van der Waals surface area contributed by atoms with Gasteiger partial charge in [-0.1, -0.05) is 23.7 Å². The molecule has 4 rings (SSSR count). The van der Waals surface area contributed by atoms with Crippen molar-refractivity contribution in [2.24, 2.45) is 0 Å². The third-order valence-electron chi connectivity index (χ3n) is 5.76. The number of halogens is 2. The van der Waals surface area contributed by atoms with Crippen LogP contribution < -0.4 is 0 Å². The maximum atomic E-state index is 15.9. The van der Waals surface area contributed by atoms with Crippen LogP contribution >= 0.6 is 19.4 Å². The van der Waals surface area contributed by atoms with Gasteiger partial charge in [0.2, 0.25) is 5.91 Å². The smallest absolute Gasteiger partial charge is 0.456 e. The third-order valence-corrected chi connectivity index (χ3v) is 7.48. The van der Waals surface area contributed by atoms with E-state index in [2.05, 4.69) is 0 Å². The molecule has 0 saturated carbocycles. The molecule has 0 aliphatic carbocycles. The number of ketones is 1. The largest absolute Gasteiger partial charge is 0.475 e. The number of hydrogen-bond donors (Lipinski definition) is 0. The van der Waals surface area contributed by atoms with E-state index in [1.165, 1.54) is 0 Å². The van der Waals surface area contributed by atoms with Crippen molar-refractivity contribution in [1.29, 1.82) is 0 Å². The van der Waals surface area contributed by atoms with Crippen LogP contribution in [0.5, 0.6) is 0 Å². The molecule has 190 valence electrons. The molecule has 0 bridgehead atoms. The highest BCUT2D eigenvalue weighted by atomic mass is 35.5. The number of alkyl halides is 1. The Balaban J connectivity index is 1.50. The number of esters is 1. The van der Waals surface area contributed by atoms with Crippen molar-refractivity contribution in [3.63, 3.8) is 0 Å². The van der Waals surface area contributed by atoms with Gasteiger partial charge in [0.15, 0.2) is 23.8 Å². The lowest BCUT2D eigenvalue weighted by atomic mass is 9.97. The number of ether oxygens (including phenoxy) is 2. The lowest BCUT2D eigenvalue weighted by Gasteiger charge is -2.33. The number of carbonyl (C=O) groups is 3. The molecule has 3 aliphatic heterocycles. The summed E-state index contributed by atoms with van der Waals surface area (Å²) in [5, 5.41) is 0.480. The average Bonchev–Trinajstić information content (AvgIpc) is 3.02. The second-order valence-electron chi connectivity index (χ2n) is 8.48. The number of benzene rings is 1. The number of carbonyl (C=O) groups excluding carboxylic acids is 3. The maximum absolute atomic E-state index is 15.9. The van der Waals surface area contributed by atoms with E-state index in [0.29, 0.717) is 17.0 Å². The van der Waals surface area contributed by atoms with Crippen molar-refractivity contribution in [2.45, 2.75) is 56.9 Å².